The Labute approximate surface area is 132 Å². The van der Waals surface area contributed by atoms with Gasteiger partial charge in [-0.3, -0.25) is 9.69 Å². The van der Waals surface area contributed by atoms with Crippen molar-refractivity contribution in [2.75, 3.05) is 40.0 Å². The van der Waals surface area contributed by atoms with E-state index in [4.69, 9.17) is 9.47 Å². The second-order valence-electron chi connectivity index (χ2n) is 6.27. The number of esters is 1. The van der Waals surface area contributed by atoms with Crippen LogP contribution in [0.25, 0.3) is 0 Å². The molecule has 1 amide bonds. The highest BCUT2D eigenvalue weighted by atomic mass is 16.5. The van der Waals surface area contributed by atoms with Gasteiger partial charge in [0, 0.05) is 13.1 Å². The maximum absolute atomic E-state index is 12.2. The molecule has 1 heterocycles. The van der Waals surface area contributed by atoms with E-state index in [0.717, 1.165) is 25.9 Å². The number of morpholine rings is 1. The summed E-state index contributed by atoms with van der Waals surface area (Å²) in [5, 5.41) is 2.87. The summed E-state index contributed by atoms with van der Waals surface area (Å²) in [5.74, 6) is 0.0792. The standard InChI is InChI=1S/C16H28N2O4/c1-21-16(20)14(11-13-5-3-2-4-6-13)17-15(19)12-18-7-9-22-10-8-18/h13-14H,2-12H2,1H3,(H,17,19)/t14-/m1/s1. The number of carbonyl (C=O) groups excluding carboxylic acids is 2. The van der Waals surface area contributed by atoms with E-state index in [1.54, 1.807) is 0 Å². The topological polar surface area (TPSA) is 67.9 Å². The smallest absolute Gasteiger partial charge is 0.328 e. The van der Waals surface area contributed by atoms with Gasteiger partial charge in [0.1, 0.15) is 6.04 Å². The second kappa shape index (κ2) is 9.10. The van der Waals surface area contributed by atoms with E-state index in [2.05, 4.69) is 5.32 Å². The third-order valence-corrected chi connectivity index (χ3v) is 4.59. The van der Waals surface area contributed by atoms with Crippen LogP contribution >= 0.6 is 0 Å². The third kappa shape index (κ3) is 5.57. The van der Waals surface area contributed by atoms with Crippen molar-refractivity contribution in [3.8, 4) is 0 Å². The summed E-state index contributed by atoms with van der Waals surface area (Å²) >= 11 is 0. The van der Waals surface area contributed by atoms with E-state index in [-0.39, 0.29) is 11.9 Å². The minimum Gasteiger partial charge on any atom is -0.467 e. The molecular formula is C16H28N2O4. The van der Waals surface area contributed by atoms with Crippen LogP contribution in [0.15, 0.2) is 0 Å². The Hall–Kier alpha value is -1.14. The molecule has 1 atom stereocenters. The van der Waals surface area contributed by atoms with Gasteiger partial charge in [-0.1, -0.05) is 32.1 Å². The Balaban J connectivity index is 1.82. The van der Waals surface area contributed by atoms with Crippen molar-refractivity contribution in [2.45, 2.75) is 44.6 Å². The average molecular weight is 312 g/mol. The molecule has 2 aliphatic rings. The molecule has 22 heavy (non-hydrogen) atoms. The lowest BCUT2D eigenvalue weighted by Gasteiger charge is -2.28. The van der Waals surface area contributed by atoms with Gasteiger partial charge in [-0.05, 0) is 12.3 Å². The van der Waals surface area contributed by atoms with Crippen molar-refractivity contribution < 1.29 is 19.1 Å². The quantitative estimate of drug-likeness (QED) is 0.740. The SMILES string of the molecule is COC(=O)[C@@H](CC1CCCCC1)NC(=O)CN1CCOCC1. The van der Waals surface area contributed by atoms with Crippen LogP contribution in [0.5, 0.6) is 0 Å². The van der Waals surface area contributed by atoms with Crippen LogP contribution in [0.2, 0.25) is 0 Å². The van der Waals surface area contributed by atoms with Crippen molar-refractivity contribution in [1.82, 2.24) is 10.2 Å². The molecule has 0 bridgehead atoms. The summed E-state index contributed by atoms with van der Waals surface area (Å²) in [6.45, 7) is 3.17. The van der Waals surface area contributed by atoms with E-state index in [1.165, 1.54) is 26.4 Å². The Bertz CT molecular complexity index is 363. The molecule has 0 aromatic rings. The number of nitrogens with one attached hydrogen (secondary N) is 1. The molecule has 0 unspecified atom stereocenters. The molecule has 0 spiro atoms. The maximum atomic E-state index is 12.2. The number of nitrogens with zero attached hydrogens (tertiary/aromatic N) is 1. The van der Waals surface area contributed by atoms with Gasteiger partial charge in [-0.15, -0.1) is 0 Å². The zero-order valence-corrected chi connectivity index (χ0v) is 13.5. The highest BCUT2D eigenvalue weighted by molar-refractivity contribution is 5.85. The first kappa shape index (κ1) is 17.2. The van der Waals surface area contributed by atoms with Gasteiger partial charge in [0.25, 0.3) is 0 Å². The summed E-state index contributed by atoms with van der Waals surface area (Å²) in [7, 11) is 1.38. The second-order valence-corrected chi connectivity index (χ2v) is 6.27. The number of amides is 1. The molecule has 2 rings (SSSR count). The fraction of sp³-hybridized carbons (Fsp3) is 0.875. The van der Waals surface area contributed by atoms with Crippen molar-refractivity contribution in [3.05, 3.63) is 0 Å². The van der Waals surface area contributed by atoms with E-state index >= 15 is 0 Å². The monoisotopic (exact) mass is 312 g/mol. The molecule has 0 radical (unpaired) electrons. The maximum Gasteiger partial charge on any atom is 0.328 e. The molecule has 6 heteroatoms. The number of hydrogen-bond donors (Lipinski definition) is 1. The lowest BCUT2D eigenvalue weighted by atomic mass is 9.85. The van der Waals surface area contributed by atoms with Gasteiger partial charge in [-0.2, -0.15) is 0 Å². The molecule has 1 aliphatic heterocycles. The molecule has 0 aromatic carbocycles. The van der Waals surface area contributed by atoms with Crippen molar-refractivity contribution in [3.63, 3.8) is 0 Å². The molecule has 1 N–H and O–H groups in total. The fourth-order valence-electron chi connectivity index (χ4n) is 3.31. The lowest BCUT2D eigenvalue weighted by Crippen LogP contribution is -2.48. The van der Waals surface area contributed by atoms with Crippen LogP contribution in [-0.4, -0.2) is 62.8 Å². The van der Waals surface area contributed by atoms with E-state index in [1.807, 2.05) is 4.90 Å². The lowest BCUT2D eigenvalue weighted by molar-refractivity contribution is -0.146. The minimum absolute atomic E-state index is 0.104. The number of ether oxygens (including phenoxy) is 2. The fourth-order valence-corrected chi connectivity index (χ4v) is 3.31. The van der Waals surface area contributed by atoms with E-state index in [0.29, 0.717) is 32.1 Å². The van der Waals surface area contributed by atoms with E-state index in [9.17, 15) is 9.59 Å². The van der Waals surface area contributed by atoms with Gasteiger partial charge in [0.05, 0.1) is 26.9 Å². The van der Waals surface area contributed by atoms with Gasteiger partial charge < -0.3 is 14.8 Å². The van der Waals surface area contributed by atoms with Crippen LogP contribution in [0.3, 0.4) is 0 Å². The first-order chi connectivity index (χ1) is 10.7. The molecule has 126 valence electrons. The molecular weight excluding hydrogens is 284 g/mol. The predicted molar refractivity (Wildman–Crippen MR) is 82.4 cm³/mol. The van der Waals surface area contributed by atoms with Crippen LogP contribution in [-0.2, 0) is 19.1 Å². The summed E-state index contributed by atoms with van der Waals surface area (Å²) in [4.78, 5) is 26.2. The average Bonchev–Trinajstić information content (AvgIpc) is 2.55. The summed E-state index contributed by atoms with van der Waals surface area (Å²) in [6.07, 6.45) is 6.71. The van der Waals surface area contributed by atoms with Crippen LogP contribution in [0.4, 0.5) is 0 Å². The molecule has 1 saturated carbocycles. The Morgan fingerprint density at radius 2 is 1.91 bits per heavy atom. The number of methoxy groups -OCH3 is 1. The first-order valence-electron chi connectivity index (χ1n) is 8.36. The van der Waals surface area contributed by atoms with Crippen molar-refractivity contribution in [1.29, 1.82) is 0 Å². The summed E-state index contributed by atoms with van der Waals surface area (Å²) in [6, 6.07) is -0.512. The molecule has 2 fully saturated rings. The third-order valence-electron chi connectivity index (χ3n) is 4.59. The zero-order chi connectivity index (χ0) is 15.8. The normalized spacial score (nSPS) is 22.0. The van der Waals surface area contributed by atoms with Gasteiger partial charge in [0.15, 0.2) is 0 Å². The molecule has 6 nitrogen and oxygen atoms in total. The number of carbonyl (C=O) groups is 2. The summed E-state index contributed by atoms with van der Waals surface area (Å²) in [5.41, 5.74) is 0. The highest BCUT2D eigenvalue weighted by Gasteiger charge is 2.27. The Morgan fingerprint density at radius 1 is 1.23 bits per heavy atom. The predicted octanol–water partition coefficient (Wildman–Crippen LogP) is 0.947. The van der Waals surface area contributed by atoms with E-state index < -0.39 is 6.04 Å². The number of hydrogen-bond acceptors (Lipinski definition) is 5. The number of rotatable bonds is 6. The van der Waals surface area contributed by atoms with Crippen LogP contribution in [0, 0.1) is 5.92 Å². The van der Waals surface area contributed by atoms with Gasteiger partial charge in [0.2, 0.25) is 5.91 Å². The van der Waals surface area contributed by atoms with Crippen molar-refractivity contribution >= 4 is 11.9 Å². The van der Waals surface area contributed by atoms with Crippen LogP contribution in [0.1, 0.15) is 38.5 Å². The zero-order valence-electron chi connectivity index (χ0n) is 13.5. The molecule has 0 aromatic heterocycles. The molecule has 1 saturated heterocycles. The summed E-state index contributed by atoms with van der Waals surface area (Å²) < 4.78 is 10.1. The minimum atomic E-state index is -0.512. The van der Waals surface area contributed by atoms with Gasteiger partial charge in [-0.25, -0.2) is 4.79 Å². The largest absolute Gasteiger partial charge is 0.467 e. The molecule has 1 aliphatic carbocycles. The Kier molecular flexibility index (Phi) is 7.12. The highest BCUT2D eigenvalue weighted by Crippen LogP contribution is 2.27. The van der Waals surface area contributed by atoms with Gasteiger partial charge >= 0.3 is 5.97 Å². The Morgan fingerprint density at radius 3 is 2.55 bits per heavy atom. The van der Waals surface area contributed by atoms with Crippen molar-refractivity contribution in [2.24, 2.45) is 5.92 Å². The first-order valence-corrected chi connectivity index (χ1v) is 8.36. The van der Waals surface area contributed by atoms with Crippen LogP contribution < -0.4 is 5.32 Å².